The minimum atomic E-state index is 0.137. The summed E-state index contributed by atoms with van der Waals surface area (Å²) in [5.74, 6) is 0.920. The second-order valence-corrected chi connectivity index (χ2v) is 7.31. The van der Waals surface area contributed by atoms with Crippen LogP contribution in [0.5, 0.6) is 11.5 Å². The molecule has 3 aromatic rings. The predicted octanol–water partition coefficient (Wildman–Crippen LogP) is 7.42. The molecule has 2 nitrogen and oxygen atoms in total. The van der Waals surface area contributed by atoms with Crippen LogP contribution in [-0.4, -0.2) is 6.61 Å². The van der Waals surface area contributed by atoms with E-state index in [1.54, 1.807) is 12.1 Å². The Morgan fingerprint density at radius 2 is 1.54 bits per heavy atom. The number of benzene rings is 3. The van der Waals surface area contributed by atoms with Gasteiger partial charge >= 0.3 is 0 Å². The summed E-state index contributed by atoms with van der Waals surface area (Å²) in [7, 11) is 0. The normalized spacial score (nSPS) is 10.6. The summed E-state index contributed by atoms with van der Waals surface area (Å²) in [4.78, 5) is 0. The van der Waals surface area contributed by atoms with Crippen molar-refractivity contribution in [1.82, 2.24) is 0 Å². The van der Waals surface area contributed by atoms with E-state index in [1.807, 2.05) is 18.2 Å². The highest BCUT2D eigenvalue weighted by atomic mass is 35.5. The van der Waals surface area contributed by atoms with E-state index in [2.05, 4.69) is 24.3 Å². The molecule has 0 heterocycles. The summed E-state index contributed by atoms with van der Waals surface area (Å²) < 4.78 is 11.4. The van der Waals surface area contributed by atoms with Gasteiger partial charge in [0.25, 0.3) is 0 Å². The molecule has 0 N–H and O–H groups in total. The summed E-state index contributed by atoms with van der Waals surface area (Å²) in [6, 6.07) is 17.6. The lowest BCUT2D eigenvalue weighted by atomic mass is 10.1. The molecule has 3 aromatic carbocycles. The first-order valence-corrected chi connectivity index (χ1v) is 9.27. The van der Waals surface area contributed by atoms with Crippen LogP contribution in [0.2, 0.25) is 10.0 Å². The Balaban J connectivity index is 1.71. The van der Waals surface area contributed by atoms with Gasteiger partial charge in [0.1, 0.15) is 23.5 Å². The lowest BCUT2D eigenvalue weighted by Crippen LogP contribution is -1.98. The highest BCUT2D eigenvalue weighted by Crippen LogP contribution is 2.37. The Labute approximate surface area is 171 Å². The highest BCUT2D eigenvalue weighted by molar-refractivity contribution is 6.55. The van der Waals surface area contributed by atoms with Crippen LogP contribution in [0.3, 0.4) is 0 Å². The third kappa shape index (κ3) is 4.99. The number of hydrogen-bond acceptors (Lipinski definition) is 2. The maximum absolute atomic E-state index is 6.28. The average Bonchev–Trinajstić information content (AvgIpc) is 2.60. The Bertz CT molecular complexity index is 926. The maximum Gasteiger partial charge on any atom is 0.157 e. The van der Waals surface area contributed by atoms with Crippen molar-refractivity contribution in [3.8, 4) is 11.5 Å². The van der Waals surface area contributed by atoms with E-state index in [1.165, 1.54) is 11.5 Å². The molecule has 0 atom stereocenters. The Hall–Kier alpha value is -1.58. The molecule has 0 aliphatic carbocycles. The molecule has 134 valence electrons. The molecule has 0 radical (unpaired) electrons. The van der Waals surface area contributed by atoms with Crippen molar-refractivity contribution in [2.24, 2.45) is 0 Å². The zero-order valence-corrected chi connectivity index (χ0v) is 16.5. The first kappa shape index (κ1) is 19.2. The zero-order chi connectivity index (χ0) is 18.5. The van der Waals surface area contributed by atoms with E-state index in [9.17, 15) is 0 Å². The van der Waals surface area contributed by atoms with E-state index < -0.39 is 0 Å². The van der Waals surface area contributed by atoms with Crippen LogP contribution in [0.25, 0.3) is 10.8 Å². The summed E-state index contributed by atoms with van der Waals surface area (Å²) in [6.07, 6.45) is 1.52. The minimum absolute atomic E-state index is 0.137. The minimum Gasteiger partial charge on any atom is -0.489 e. The summed E-state index contributed by atoms with van der Waals surface area (Å²) in [5, 5.41) is 3.07. The van der Waals surface area contributed by atoms with Crippen LogP contribution >= 0.6 is 46.4 Å². The molecule has 0 saturated carbocycles. The van der Waals surface area contributed by atoms with Gasteiger partial charge in [0, 0.05) is 12.1 Å². The van der Waals surface area contributed by atoms with Gasteiger partial charge in [-0.3, -0.25) is 0 Å². The molecule has 0 amide bonds. The van der Waals surface area contributed by atoms with Crippen molar-refractivity contribution >= 4 is 57.2 Å². The molecule has 26 heavy (non-hydrogen) atoms. The van der Waals surface area contributed by atoms with Gasteiger partial charge in [-0.15, -0.1) is 0 Å². The van der Waals surface area contributed by atoms with Gasteiger partial charge in [0.05, 0.1) is 10.0 Å². The van der Waals surface area contributed by atoms with Gasteiger partial charge in [-0.2, -0.15) is 0 Å². The highest BCUT2D eigenvalue weighted by Gasteiger charge is 2.11. The monoisotopic (exact) mass is 426 g/mol. The second-order valence-electron chi connectivity index (χ2n) is 5.49. The first-order chi connectivity index (χ1) is 12.5. The van der Waals surface area contributed by atoms with E-state index >= 15 is 0 Å². The average molecular weight is 428 g/mol. The van der Waals surface area contributed by atoms with Crippen LogP contribution in [0.1, 0.15) is 5.56 Å². The van der Waals surface area contributed by atoms with Crippen LogP contribution in [0.4, 0.5) is 0 Å². The molecule has 0 aliphatic rings. The van der Waals surface area contributed by atoms with Crippen LogP contribution < -0.4 is 9.47 Å². The molecule has 3 rings (SSSR count). The predicted molar refractivity (Wildman–Crippen MR) is 110 cm³/mol. The smallest absolute Gasteiger partial charge is 0.157 e. The molecule has 0 unspecified atom stereocenters. The van der Waals surface area contributed by atoms with Crippen molar-refractivity contribution in [3.63, 3.8) is 0 Å². The van der Waals surface area contributed by atoms with Crippen LogP contribution in [-0.2, 0) is 6.61 Å². The molecule has 0 aromatic heterocycles. The SMILES string of the molecule is ClC(Cl)=CCOc1cc(Cl)c(OCc2ccc3ccccc3c2)c(Cl)c1. The summed E-state index contributed by atoms with van der Waals surface area (Å²) in [6.45, 7) is 0.571. The van der Waals surface area contributed by atoms with Gasteiger partial charge in [-0.05, 0) is 28.5 Å². The van der Waals surface area contributed by atoms with E-state index in [-0.39, 0.29) is 11.1 Å². The fourth-order valence-electron chi connectivity index (χ4n) is 2.44. The number of rotatable bonds is 6. The Morgan fingerprint density at radius 1 is 0.846 bits per heavy atom. The summed E-state index contributed by atoms with van der Waals surface area (Å²) >= 11 is 23.6. The molecule has 6 heteroatoms. The quantitative estimate of drug-likeness (QED) is 0.407. The molecule has 0 bridgehead atoms. The van der Waals surface area contributed by atoms with Gasteiger partial charge in [-0.1, -0.05) is 82.8 Å². The van der Waals surface area contributed by atoms with Gasteiger partial charge < -0.3 is 9.47 Å². The van der Waals surface area contributed by atoms with Gasteiger partial charge in [0.15, 0.2) is 5.75 Å². The molecule has 0 fully saturated rings. The molecule has 0 spiro atoms. The lowest BCUT2D eigenvalue weighted by Gasteiger charge is -2.12. The van der Waals surface area contributed by atoms with E-state index in [0.717, 1.165) is 10.9 Å². The summed E-state index contributed by atoms with van der Waals surface area (Å²) in [5.41, 5.74) is 1.03. The van der Waals surface area contributed by atoms with Crippen molar-refractivity contribution in [1.29, 1.82) is 0 Å². The number of halogens is 4. The van der Waals surface area contributed by atoms with Crippen molar-refractivity contribution in [2.45, 2.75) is 6.61 Å². The van der Waals surface area contributed by atoms with Crippen LogP contribution in [0.15, 0.2) is 65.2 Å². The van der Waals surface area contributed by atoms with Crippen molar-refractivity contribution in [2.75, 3.05) is 6.61 Å². The van der Waals surface area contributed by atoms with E-state index in [4.69, 9.17) is 55.9 Å². The molecule has 0 aliphatic heterocycles. The third-order valence-corrected chi connectivity index (χ3v) is 4.53. The second kappa shape index (κ2) is 8.88. The standard InChI is InChI=1S/C20H14Cl4O2/c21-17-10-16(25-8-7-19(23)24)11-18(22)20(17)26-12-13-5-6-14-3-1-2-4-15(14)9-13/h1-7,9-11H,8,12H2. The van der Waals surface area contributed by atoms with Crippen molar-refractivity contribution in [3.05, 3.63) is 80.8 Å². The third-order valence-electron chi connectivity index (χ3n) is 3.66. The molecular weight excluding hydrogens is 414 g/mol. The molecular formula is C20H14Cl4O2. The lowest BCUT2D eigenvalue weighted by molar-refractivity contribution is 0.305. The van der Waals surface area contributed by atoms with Crippen molar-refractivity contribution < 1.29 is 9.47 Å². The Morgan fingerprint density at radius 3 is 2.23 bits per heavy atom. The maximum atomic E-state index is 6.28. The first-order valence-electron chi connectivity index (χ1n) is 7.76. The largest absolute Gasteiger partial charge is 0.489 e. The zero-order valence-electron chi connectivity index (χ0n) is 13.5. The number of fused-ring (bicyclic) bond motifs is 1. The fourth-order valence-corrected chi connectivity index (χ4v) is 3.14. The topological polar surface area (TPSA) is 18.5 Å². The van der Waals surface area contributed by atoms with E-state index in [0.29, 0.717) is 28.2 Å². The van der Waals surface area contributed by atoms with Gasteiger partial charge in [0.2, 0.25) is 0 Å². The molecule has 0 saturated heterocycles. The number of ether oxygens (including phenoxy) is 2. The fraction of sp³-hybridized carbons (Fsp3) is 0.100. The Kier molecular flexibility index (Phi) is 6.55. The number of hydrogen-bond donors (Lipinski definition) is 0. The van der Waals surface area contributed by atoms with Gasteiger partial charge in [-0.25, -0.2) is 0 Å². The van der Waals surface area contributed by atoms with Crippen LogP contribution in [0, 0.1) is 0 Å².